The third-order valence-corrected chi connectivity index (χ3v) is 5.30. The van der Waals surface area contributed by atoms with Gasteiger partial charge in [-0.2, -0.15) is 0 Å². The molecular weight excluding hydrogens is 238 g/mol. The predicted molar refractivity (Wildman–Crippen MR) is 81.7 cm³/mol. The van der Waals surface area contributed by atoms with Gasteiger partial charge in [0.25, 0.3) is 0 Å². The molecule has 2 heteroatoms. The summed E-state index contributed by atoms with van der Waals surface area (Å²) in [6.07, 6.45) is 7.99. The first-order valence-electron chi connectivity index (χ1n) is 7.46. The van der Waals surface area contributed by atoms with Crippen LogP contribution in [0, 0.1) is 6.92 Å². The first kappa shape index (κ1) is 14.1. The van der Waals surface area contributed by atoms with E-state index in [0.29, 0.717) is 5.41 Å². The zero-order valence-corrected chi connectivity index (χ0v) is 13.0. The van der Waals surface area contributed by atoms with Crippen LogP contribution in [0.25, 0.3) is 0 Å². The average molecular weight is 265 g/mol. The van der Waals surface area contributed by atoms with Crippen LogP contribution in [0.1, 0.15) is 61.3 Å². The Bertz CT molecular complexity index is 374. The molecule has 0 amide bonds. The summed E-state index contributed by atoms with van der Waals surface area (Å²) in [7, 11) is 0. The minimum absolute atomic E-state index is 0.380. The zero-order valence-electron chi connectivity index (χ0n) is 12.1. The maximum Gasteiger partial charge on any atom is 0.00860 e. The quantitative estimate of drug-likeness (QED) is 0.777. The summed E-state index contributed by atoms with van der Waals surface area (Å²) in [5.41, 5.74) is 2.03. The van der Waals surface area contributed by atoms with E-state index in [4.69, 9.17) is 0 Å². The Balaban J connectivity index is 2.15. The molecule has 1 unspecified atom stereocenters. The van der Waals surface area contributed by atoms with Crippen molar-refractivity contribution >= 4 is 11.3 Å². The van der Waals surface area contributed by atoms with Crippen molar-refractivity contribution in [3.63, 3.8) is 0 Å². The van der Waals surface area contributed by atoms with Crippen LogP contribution < -0.4 is 5.32 Å². The maximum atomic E-state index is 3.58. The number of rotatable bonds is 5. The lowest BCUT2D eigenvalue weighted by Crippen LogP contribution is -2.41. The molecule has 0 radical (unpaired) electrons. The lowest BCUT2D eigenvalue weighted by Gasteiger charge is -2.35. The van der Waals surface area contributed by atoms with E-state index in [1.54, 1.807) is 10.4 Å². The van der Waals surface area contributed by atoms with Gasteiger partial charge in [-0.3, -0.25) is 0 Å². The van der Waals surface area contributed by atoms with Crippen molar-refractivity contribution in [1.82, 2.24) is 5.32 Å². The van der Waals surface area contributed by atoms with Gasteiger partial charge >= 0.3 is 0 Å². The van der Waals surface area contributed by atoms with Gasteiger partial charge in [-0.25, -0.2) is 0 Å². The number of unbranched alkanes of at least 4 members (excludes halogenated alkanes) is 2. The number of thiophene rings is 1. The van der Waals surface area contributed by atoms with E-state index >= 15 is 0 Å². The molecular formula is C16H27NS. The Labute approximate surface area is 116 Å². The molecule has 1 aliphatic heterocycles. The molecule has 0 aromatic carbocycles. The fourth-order valence-corrected chi connectivity index (χ4v) is 4.31. The number of aryl methyl sites for hydroxylation is 2. The molecule has 18 heavy (non-hydrogen) atoms. The summed E-state index contributed by atoms with van der Waals surface area (Å²) in [6.45, 7) is 9.35. The van der Waals surface area contributed by atoms with Gasteiger partial charge in [-0.1, -0.05) is 26.7 Å². The van der Waals surface area contributed by atoms with Crippen molar-refractivity contribution < 1.29 is 0 Å². The van der Waals surface area contributed by atoms with E-state index < -0.39 is 0 Å². The first-order valence-corrected chi connectivity index (χ1v) is 8.28. The molecule has 1 aliphatic rings. The third kappa shape index (κ3) is 3.16. The SMILES string of the molecule is CCCCCc1sc(C)cc1C1(C)CCCNC1. The van der Waals surface area contributed by atoms with Gasteiger partial charge in [0.2, 0.25) is 0 Å². The molecule has 0 spiro atoms. The second kappa shape index (κ2) is 6.21. The molecule has 1 fully saturated rings. The van der Waals surface area contributed by atoms with Crippen LogP contribution in [0.3, 0.4) is 0 Å². The van der Waals surface area contributed by atoms with Gasteiger partial charge in [-0.05, 0) is 50.8 Å². The molecule has 1 atom stereocenters. The van der Waals surface area contributed by atoms with E-state index in [9.17, 15) is 0 Å². The maximum absolute atomic E-state index is 3.58. The molecule has 1 saturated heterocycles. The van der Waals surface area contributed by atoms with E-state index in [1.807, 2.05) is 11.3 Å². The van der Waals surface area contributed by atoms with Crippen molar-refractivity contribution in [2.75, 3.05) is 13.1 Å². The summed E-state index contributed by atoms with van der Waals surface area (Å²) in [5, 5.41) is 3.58. The van der Waals surface area contributed by atoms with E-state index in [-0.39, 0.29) is 0 Å². The van der Waals surface area contributed by atoms with Crippen LogP contribution in [0.15, 0.2) is 6.07 Å². The highest BCUT2D eigenvalue weighted by molar-refractivity contribution is 7.12. The Kier molecular flexibility index (Phi) is 4.85. The Morgan fingerprint density at radius 2 is 2.22 bits per heavy atom. The van der Waals surface area contributed by atoms with Crippen LogP contribution in [-0.4, -0.2) is 13.1 Å². The van der Waals surface area contributed by atoms with Crippen molar-refractivity contribution in [1.29, 1.82) is 0 Å². The summed E-state index contributed by atoms with van der Waals surface area (Å²) < 4.78 is 0. The highest BCUT2D eigenvalue weighted by Crippen LogP contribution is 2.37. The number of hydrogen-bond acceptors (Lipinski definition) is 2. The van der Waals surface area contributed by atoms with E-state index in [0.717, 1.165) is 6.54 Å². The summed E-state index contributed by atoms with van der Waals surface area (Å²) in [5.74, 6) is 0. The highest BCUT2D eigenvalue weighted by Gasteiger charge is 2.31. The molecule has 0 bridgehead atoms. The van der Waals surface area contributed by atoms with Gasteiger partial charge in [0.1, 0.15) is 0 Å². The van der Waals surface area contributed by atoms with E-state index in [2.05, 4.69) is 32.2 Å². The number of hydrogen-bond donors (Lipinski definition) is 1. The lowest BCUT2D eigenvalue weighted by molar-refractivity contribution is 0.338. The van der Waals surface area contributed by atoms with Crippen LogP contribution in [0.4, 0.5) is 0 Å². The monoisotopic (exact) mass is 265 g/mol. The Morgan fingerprint density at radius 1 is 1.39 bits per heavy atom. The molecule has 0 aliphatic carbocycles. The largest absolute Gasteiger partial charge is 0.316 e. The van der Waals surface area contributed by atoms with Crippen molar-refractivity contribution in [2.24, 2.45) is 0 Å². The number of nitrogens with one attached hydrogen (secondary N) is 1. The van der Waals surface area contributed by atoms with Crippen LogP contribution >= 0.6 is 11.3 Å². The average Bonchev–Trinajstić information content (AvgIpc) is 2.73. The fourth-order valence-electron chi connectivity index (χ4n) is 3.08. The molecule has 1 nitrogen and oxygen atoms in total. The first-order chi connectivity index (χ1) is 8.65. The van der Waals surface area contributed by atoms with E-state index in [1.165, 1.54) is 49.9 Å². The minimum Gasteiger partial charge on any atom is -0.316 e. The molecule has 1 aromatic heterocycles. The van der Waals surface area contributed by atoms with Gasteiger partial charge < -0.3 is 5.32 Å². The third-order valence-electron chi connectivity index (χ3n) is 4.19. The summed E-state index contributed by atoms with van der Waals surface area (Å²) in [4.78, 5) is 3.15. The van der Waals surface area contributed by atoms with Gasteiger partial charge in [-0.15, -0.1) is 11.3 Å². The molecule has 2 heterocycles. The normalized spacial score (nSPS) is 24.4. The Morgan fingerprint density at radius 3 is 2.89 bits per heavy atom. The van der Waals surface area contributed by atoms with Gasteiger partial charge in [0.15, 0.2) is 0 Å². The smallest absolute Gasteiger partial charge is 0.00860 e. The second-order valence-electron chi connectivity index (χ2n) is 5.99. The number of piperidine rings is 1. The standard InChI is InChI=1S/C16H27NS/c1-4-5-6-8-15-14(11-13(2)18-15)16(3)9-7-10-17-12-16/h11,17H,4-10,12H2,1-3H3. The summed E-state index contributed by atoms with van der Waals surface area (Å²) in [6, 6.07) is 2.46. The van der Waals surface area contributed by atoms with Crippen LogP contribution in [-0.2, 0) is 11.8 Å². The predicted octanol–water partition coefficient (Wildman–Crippen LogP) is 4.43. The minimum atomic E-state index is 0.380. The fraction of sp³-hybridized carbons (Fsp3) is 0.750. The topological polar surface area (TPSA) is 12.0 Å². The molecule has 102 valence electrons. The molecule has 2 rings (SSSR count). The second-order valence-corrected chi connectivity index (χ2v) is 7.33. The zero-order chi connectivity index (χ0) is 13.0. The van der Waals surface area contributed by atoms with Crippen molar-refractivity contribution in [3.05, 3.63) is 21.4 Å². The van der Waals surface area contributed by atoms with Crippen molar-refractivity contribution in [3.8, 4) is 0 Å². The van der Waals surface area contributed by atoms with Gasteiger partial charge in [0, 0.05) is 21.7 Å². The van der Waals surface area contributed by atoms with Crippen LogP contribution in [0.2, 0.25) is 0 Å². The Hall–Kier alpha value is -0.340. The molecule has 1 N–H and O–H groups in total. The molecule has 1 aromatic rings. The van der Waals surface area contributed by atoms with Crippen molar-refractivity contribution in [2.45, 2.75) is 64.7 Å². The molecule has 0 saturated carbocycles. The summed E-state index contributed by atoms with van der Waals surface area (Å²) >= 11 is 2.03. The lowest BCUT2D eigenvalue weighted by atomic mass is 9.76. The highest BCUT2D eigenvalue weighted by atomic mass is 32.1. The van der Waals surface area contributed by atoms with Gasteiger partial charge in [0.05, 0.1) is 0 Å². The van der Waals surface area contributed by atoms with Crippen LogP contribution in [0.5, 0.6) is 0 Å².